The van der Waals surface area contributed by atoms with Crippen LogP contribution in [-0.4, -0.2) is 0 Å². The summed E-state index contributed by atoms with van der Waals surface area (Å²) < 4.78 is 0.853. The van der Waals surface area contributed by atoms with Crippen molar-refractivity contribution < 1.29 is 0 Å². The Morgan fingerprint density at radius 2 is 2.20 bits per heavy atom. The van der Waals surface area contributed by atoms with Crippen LogP contribution in [0.2, 0.25) is 5.02 Å². The number of hydrogen-bond donors (Lipinski definition) is 0. The molecule has 1 aromatic rings. The smallest absolute Gasteiger partial charge is 0.0554 e. The van der Waals surface area contributed by atoms with Gasteiger partial charge in [-0.15, -0.1) is 0 Å². The molecule has 0 atom stereocenters. The van der Waals surface area contributed by atoms with E-state index in [0.29, 0.717) is 5.02 Å². The third-order valence-electron chi connectivity index (χ3n) is 1.14. The van der Waals surface area contributed by atoms with E-state index in [1.165, 1.54) is 0 Å². The molecule has 0 heterocycles. The minimum Gasteiger partial charge on any atom is -0.0905 e. The van der Waals surface area contributed by atoms with E-state index in [0.717, 1.165) is 10.0 Å². The first-order chi connectivity index (χ1) is 4.75. The lowest BCUT2D eigenvalue weighted by Gasteiger charge is -1.97. The van der Waals surface area contributed by atoms with Gasteiger partial charge < -0.3 is 0 Å². The maximum atomic E-state index is 5.78. The van der Waals surface area contributed by atoms with Crippen LogP contribution in [0.3, 0.4) is 0 Å². The van der Waals surface area contributed by atoms with Gasteiger partial charge in [0.1, 0.15) is 0 Å². The van der Waals surface area contributed by atoms with E-state index in [4.69, 9.17) is 11.6 Å². The van der Waals surface area contributed by atoms with Crippen molar-refractivity contribution in [1.29, 1.82) is 0 Å². The highest BCUT2D eigenvalue weighted by atomic mass is 79.9. The van der Waals surface area contributed by atoms with E-state index in [2.05, 4.69) is 28.6 Å². The van der Waals surface area contributed by atoms with Crippen LogP contribution in [0.15, 0.2) is 29.3 Å². The molecule has 0 fully saturated rings. The molecule has 0 aliphatic carbocycles. The zero-order valence-corrected chi connectivity index (χ0v) is 7.54. The van der Waals surface area contributed by atoms with Crippen molar-refractivity contribution in [3.8, 4) is 0 Å². The summed E-state index contributed by atoms with van der Waals surface area (Å²) in [6.07, 6.45) is 2.75. The molecule has 0 N–H and O–H groups in total. The molecule has 0 unspecified atom stereocenters. The summed E-state index contributed by atoms with van der Waals surface area (Å²) in [5.41, 5.74) is 0.896. The highest BCUT2D eigenvalue weighted by Gasteiger charge is 1.98. The van der Waals surface area contributed by atoms with Gasteiger partial charge >= 0.3 is 0 Å². The van der Waals surface area contributed by atoms with Crippen molar-refractivity contribution >= 4 is 27.5 Å². The van der Waals surface area contributed by atoms with E-state index in [9.17, 15) is 0 Å². The summed E-state index contributed by atoms with van der Waals surface area (Å²) >= 11 is 9.08. The van der Waals surface area contributed by atoms with E-state index in [1.807, 2.05) is 18.2 Å². The maximum Gasteiger partial charge on any atom is 0.0554 e. The Labute approximate surface area is 73.6 Å². The Morgan fingerprint density at radius 3 is 2.70 bits per heavy atom. The molecule has 0 aliphatic heterocycles. The summed E-state index contributed by atoms with van der Waals surface area (Å²) in [5.74, 6) is 0. The monoisotopic (exact) mass is 215 g/mol. The first-order valence-electron chi connectivity index (χ1n) is 2.73. The van der Waals surface area contributed by atoms with Crippen molar-refractivity contribution in [3.63, 3.8) is 0 Å². The SMILES string of the molecule is C=[C]c1cccc(Cl)c1Br. The normalized spacial score (nSPS) is 9.40. The molecule has 1 radical (unpaired) electrons. The van der Waals surface area contributed by atoms with Gasteiger partial charge in [0, 0.05) is 4.47 Å². The highest BCUT2D eigenvalue weighted by Crippen LogP contribution is 2.25. The summed E-state index contributed by atoms with van der Waals surface area (Å²) in [5, 5.41) is 0.689. The lowest BCUT2D eigenvalue weighted by atomic mass is 10.2. The zero-order valence-electron chi connectivity index (χ0n) is 5.20. The quantitative estimate of drug-likeness (QED) is 0.675. The summed E-state index contributed by atoms with van der Waals surface area (Å²) in [6, 6.07) is 5.57. The van der Waals surface area contributed by atoms with Gasteiger partial charge in [-0.3, -0.25) is 0 Å². The van der Waals surface area contributed by atoms with Gasteiger partial charge in [-0.2, -0.15) is 0 Å². The predicted molar refractivity (Wildman–Crippen MR) is 47.1 cm³/mol. The third kappa shape index (κ3) is 1.41. The molecule has 0 saturated heterocycles. The van der Waals surface area contributed by atoms with Gasteiger partial charge in [0.2, 0.25) is 0 Å². The highest BCUT2D eigenvalue weighted by molar-refractivity contribution is 9.10. The molecule has 0 nitrogen and oxygen atoms in total. The van der Waals surface area contributed by atoms with Crippen LogP contribution in [0.25, 0.3) is 0 Å². The minimum absolute atomic E-state index is 0.689. The second-order valence-corrected chi connectivity index (χ2v) is 2.98. The summed E-state index contributed by atoms with van der Waals surface area (Å²) in [6.45, 7) is 3.52. The van der Waals surface area contributed by atoms with Crippen LogP contribution in [-0.2, 0) is 0 Å². The predicted octanol–water partition coefficient (Wildman–Crippen LogP) is 3.44. The van der Waals surface area contributed by atoms with Gasteiger partial charge in [0.15, 0.2) is 0 Å². The fourth-order valence-electron chi connectivity index (χ4n) is 0.640. The first-order valence-corrected chi connectivity index (χ1v) is 3.90. The molecule has 10 heavy (non-hydrogen) atoms. The molecule has 0 aliphatic rings. The fraction of sp³-hybridized carbons (Fsp3) is 0. The van der Waals surface area contributed by atoms with Gasteiger partial charge in [-0.05, 0) is 33.6 Å². The molecule has 0 aromatic heterocycles. The molecule has 0 saturated carbocycles. The average molecular weight is 216 g/mol. The summed E-state index contributed by atoms with van der Waals surface area (Å²) in [4.78, 5) is 0. The van der Waals surface area contributed by atoms with Crippen molar-refractivity contribution in [2.45, 2.75) is 0 Å². The topological polar surface area (TPSA) is 0 Å². The molecule has 1 aromatic carbocycles. The fourth-order valence-corrected chi connectivity index (χ4v) is 1.22. The van der Waals surface area contributed by atoms with Crippen LogP contribution >= 0.6 is 27.5 Å². The van der Waals surface area contributed by atoms with E-state index >= 15 is 0 Å². The number of rotatable bonds is 1. The second kappa shape index (κ2) is 3.22. The Kier molecular flexibility index (Phi) is 2.52. The lowest BCUT2D eigenvalue weighted by Crippen LogP contribution is -1.75. The number of benzene rings is 1. The van der Waals surface area contributed by atoms with Crippen LogP contribution in [0.5, 0.6) is 0 Å². The van der Waals surface area contributed by atoms with Crippen LogP contribution in [0.1, 0.15) is 5.56 Å². The van der Waals surface area contributed by atoms with E-state index < -0.39 is 0 Å². The third-order valence-corrected chi connectivity index (χ3v) is 2.54. The maximum absolute atomic E-state index is 5.78. The second-order valence-electron chi connectivity index (χ2n) is 1.78. The Hall–Kier alpha value is -0.270. The zero-order chi connectivity index (χ0) is 7.56. The molecule has 2 heteroatoms. The van der Waals surface area contributed by atoms with Crippen LogP contribution in [0.4, 0.5) is 0 Å². The van der Waals surface area contributed by atoms with Crippen molar-refractivity contribution in [3.05, 3.63) is 45.9 Å². The van der Waals surface area contributed by atoms with E-state index in [-0.39, 0.29) is 0 Å². The number of hydrogen-bond acceptors (Lipinski definition) is 0. The van der Waals surface area contributed by atoms with Crippen molar-refractivity contribution in [2.24, 2.45) is 0 Å². The van der Waals surface area contributed by atoms with Gasteiger partial charge in [-0.1, -0.05) is 30.3 Å². The van der Waals surface area contributed by atoms with Crippen molar-refractivity contribution in [2.75, 3.05) is 0 Å². The minimum atomic E-state index is 0.689. The standard InChI is InChI=1S/C8H5BrCl/c1-2-6-4-3-5-7(10)8(6)9/h3-5H,1H2. The molecule has 0 amide bonds. The van der Waals surface area contributed by atoms with Gasteiger partial charge in [-0.25, -0.2) is 0 Å². The molecule has 1 rings (SSSR count). The van der Waals surface area contributed by atoms with Gasteiger partial charge in [0.25, 0.3) is 0 Å². The van der Waals surface area contributed by atoms with Crippen molar-refractivity contribution in [1.82, 2.24) is 0 Å². The number of halogens is 2. The molecule has 0 bridgehead atoms. The van der Waals surface area contributed by atoms with Crippen LogP contribution in [0, 0.1) is 6.08 Å². The lowest BCUT2D eigenvalue weighted by molar-refractivity contribution is 1.53. The molecular formula is C8H5BrCl. The molecule has 51 valence electrons. The Bertz CT molecular complexity index is 255. The average Bonchev–Trinajstić information content (AvgIpc) is 1.95. The van der Waals surface area contributed by atoms with Crippen LogP contribution < -0.4 is 0 Å². The van der Waals surface area contributed by atoms with Gasteiger partial charge in [0.05, 0.1) is 5.02 Å². The molecule has 0 spiro atoms. The Balaban J connectivity index is 3.27. The summed E-state index contributed by atoms with van der Waals surface area (Å²) in [7, 11) is 0. The largest absolute Gasteiger partial charge is 0.0905 e. The molecular weight excluding hydrogens is 211 g/mol. The Morgan fingerprint density at radius 1 is 1.50 bits per heavy atom. The van der Waals surface area contributed by atoms with E-state index in [1.54, 1.807) is 0 Å². The first kappa shape index (κ1) is 7.83.